The zero-order valence-electron chi connectivity index (χ0n) is 11.5. The first-order valence-corrected chi connectivity index (χ1v) is 6.58. The first-order chi connectivity index (χ1) is 10.0. The molecule has 0 saturated heterocycles. The Balaban J connectivity index is 2.21. The smallest absolute Gasteiger partial charge is 0.346 e. The first kappa shape index (κ1) is 15.1. The molecule has 21 heavy (non-hydrogen) atoms. The molecule has 0 amide bonds. The van der Waals surface area contributed by atoms with E-state index in [1.807, 2.05) is 0 Å². The molecule has 0 bridgehead atoms. The molecule has 1 unspecified atom stereocenters. The van der Waals surface area contributed by atoms with Gasteiger partial charge in [0.25, 0.3) is 0 Å². The van der Waals surface area contributed by atoms with Gasteiger partial charge in [0.2, 0.25) is 0 Å². The molecule has 0 fully saturated rings. The number of carbonyl (C=O) groups excluding carboxylic acids is 1. The lowest BCUT2D eigenvalue weighted by molar-refractivity contribution is -0.147. The van der Waals surface area contributed by atoms with E-state index in [4.69, 9.17) is 16.3 Å². The summed E-state index contributed by atoms with van der Waals surface area (Å²) in [5, 5.41) is 10.5. The highest BCUT2D eigenvalue weighted by molar-refractivity contribution is 6.30. The van der Waals surface area contributed by atoms with Crippen LogP contribution in [-0.4, -0.2) is 29.3 Å². The molecule has 0 saturated carbocycles. The van der Waals surface area contributed by atoms with Crippen LogP contribution < -0.4 is 4.74 Å². The van der Waals surface area contributed by atoms with Crippen LogP contribution in [-0.2, 0) is 9.53 Å². The third-order valence-electron chi connectivity index (χ3n) is 2.82. The van der Waals surface area contributed by atoms with E-state index >= 15 is 0 Å². The second-order valence-corrected chi connectivity index (χ2v) is 4.76. The Kier molecular flexibility index (Phi) is 4.65. The summed E-state index contributed by atoms with van der Waals surface area (Å²) < 4.78 is 9.90. The number of hydrogen-bond acceptors (Lipinski definition) is 5. The van der Waals surface area contributed by atoms with Crippen molar-refractivity contribution in [3.05, 3.63) is 41.6 Å². The van der Waals surface area contributed by atoms with Crippen LogP contribution in [0.3, 0.4) is 0 Å². The SMILES string of the molecule is COC(=O)C(C)Oc1ccc(-c2ccc(Cl)cn2)cc1O. The molecule has 1 aromatic carbocycles. The molecular weight excluding hydrogens is 294 g/mol. The van der Waals surface area contributed by atoms with Crippen LogP contribution in [0.15, 0.2) is 36.5 Å². The lowest BCUT2D eigenvalue weighted by Gasteiger charge is -2.14. The maximum atomic E-state index is 11.3. The van der Waals surface area contributed by atoms with E-state index in [0.717, 1.165) is 0 Å². The number of carbonyl (C=O) groups is 1. The Morgan fingerprint density at radius 1 is 1.33 bits per heavy atom. The number of hydrogen-bond donors (Lipinski definition) is 1. The van der Waals surface area contributed by atoms with Gasteiger partial charge in [-0.1, -0.05) is 11.6 Å². The maximum absolute atomic E-state index is 11.3. The highest BCUT2D eigenvalue weighted by Crippen LogP contribution is 2.31. The van der Waals surface area contributed by atoms with E-state index in [0.29, 0.717) is 16.3 Å². The summed E-state index contributed by atoms with van der Waals surface area (Å²) >= 11 is 5.78. The summed E-state index contributed by atoms with van der Waals surface area (Å²) in [6, 6.07) is 8.27. The van der Waals surface area contributed by atoms with Gasteiger partial charge in [0, 0.05) is 11.8 Å². The number of phenols is 1. The van der Waals surface area contributed by atoms with Gasteiger partial charge in [-0.25, -0.2) is 4.79 Å². The van der Waals surface area contributed by atoms with Crippen LogP contribution in [0.2, 0.25) is 5.02 Å². The molecule has 0 aliphatic carbocycles. The molecule has 5 nitrogen and oxygen atoms in total. The summed E-state index contributed by atoms with van der Waals surface area (Å²) in [5.41, 5.74) is 1.38. The fourth-order valence-corrected chi connectivity index (χ4v) is 1.84. The van der Waals surface area contributed by atoms with E-state index < -0.39 is 12.1 Å². The molecule has 2 rings (SSSR count). The van der Waals surface area contributed by atoms with Crippen molar-refractivity contribution in [2.24, 2.45) is 0 Å². The lowest BCUT2D eigenvalue weighted by atomic mass is 10.1. The molecule has 6 heteroatoms. The normalized spacial score (nSPS) is 11.8. The number of esters is 1. The Bertz CT molecular complexity index is 643. The third kappa shape index (κ3) is 3.64. The largest absolute Gasteiger partial charge is 0.504 e. The number of phenolic OH excluding ortho intramolecular Hbond substituents is 1. The molecule has 110 valence electrons. The molecule has 1 N–H and O–H groups in total. The van der Waals surface area contributed by atoms with Gasteiger partial charge in [-0.05, 0) is 37.3 Å². The maximum Gasteiger partial charge on any atom is 0.346 e. The van der Waals surface area contributed by atoms with E-state index in [-0.39, 0.29) is 11.5 Å². The van der Waals surface area contributed by atoms with E-state index in [1.54, 1.807) is 31.2 Å². The summed E-state index contributed by atoms with van der Waals surface area (Å²) in [7, 11) is 1.28. The van der Waals surface area contributed by atoms with Crippen LogP contribution in [0.25, 0.3) is 11.3 Å². The molecule has 1 heterocycles. The van der Waals surface area contributed by atoms with Gasteiger partial charge in [-0.2, -0.15) is 0 Å². The van der Waals surface area contributed by atoms with Gasteiger partial charge in [0.1, 0.15) is 0 Å². The van der Waals surface area contributed by atoms with Gasteiger partial charge in [-0.15, -0.1) is 0 Å². The fourth-order valence-electron chi connectivity index (χ4n) is 1.73. The Hall–Kier alpha value is -2.27. The molecule has 1 atom stereocenters. The van der Waals surface area contributed by atoms with Crippen molar-refractivity contribution in [3.63, 3.8) is 0 Å². The second-order valence-electron chi connectivity index (χ2n) is 4.33. The quantitative estimate of drug-likeness (QED) is 0.879. The molecular formula is C15H14ClNO4. The Labute approximate surface area is 127 Å². The molecule has 0 aliphatic rings. The number of aromatic nitrogens is 1. The number of nitrogens with zero attached hydrogens (tertiary/aromatic N) is 1. The van der Waals surface area contributed by atoms with Crippen LogP contribution in [0.5, 0.6) is 11.5 Å². The highest BCUT2D eigenvalue weighted by atomic mass is 35.5. The van der Waals surface area contributed by atoms with Gasteiger partial charge in [0.05, 0.1) is 17.8 Å². The van der Waals surface area contributed by atoms with Gasteiger partial charge in [-0.3, -0.25) is 4.98 Å². The predicted molar refractivity (Wildman–Crippen MR) is 78.5 cm³/mol. The summed E-state index contributed by atoms with van der Waals surface area (Å²) in [4.78, 5) is 15.5. The van der Waals surface area contributed by atoms with Crippen molar-refractivity contribution in [2.75, 3.05) is 7.11 Å². The number of benzene rings is 1. The Morgan fingerprint density at radius 2 is 2.10 bits per heavy atom. The summed E-state index contributed by atoms with van der Waals surface area (Å²) in [6.45, 7) is 1.54. The zero-order chi connectivity index (χ0) is 15.4. The lowest BCUT2D eigenvalue weighted by Crippen LogP contribution is -2.24. The minimum Gasteiger partial charge on any atom is -0.504 e. The van der Waals surface area contributed by atoms with E-state index in [2.05, 4.69) is 9.72 Å². The van der Waals surface area contributed by atoms with Gasteiger partial charge >= 0.3 is 5.97 Å². The molecule has 1 aromatic heterocycles. The number of ether oxygens (including phenoxy) is 2. The Morgan fingerprint density at radius 3 is 2.67 bits per heavy atom. The monoisotopic (exact) mass is 307 g/mol. The third-order valence-corrected chi connectivity index (χ3v) is 3.04. The van der Waals surface area contributed by atoms with Crippen molar-refractivity contribution in [3.8, 4) is 22.8 Å². The second kappa shape index (κ2) is 6.45. The minimum absolute atomic E-state index is 0.0833. The van der Waals surface area contributed by atoms with Crippen LogP contribution in [0.4, 0.5) is 0 Å². The van der Waals surface area contributed by atoms with Crippen LogP contribution in [0.1, 0.15) is 6.92 Å². The standard InChI is InChI=1S/C15H14ClNO4/c1-9(15(19)20-2)21-14-6-3-10(7-13(14)18)12-5-4-11(16)8-17-12/h3-9,18H,1-2H3. The van der Waals surface area contributed by atoms with Crippen LogP contribution >= 0.6 is 11.6 Å². The fraction of sp³-hybridized carbons (Fsp3) is 0.200. The van der Waals surface area contributed by atoms with Gasteiger partial charge < -0.3 is 14.6 Å². The van der Waals surface area contributed by atoms with Crippen molar-refractivity contribution in [1.82, 2.24) is 4.98 Å². The van der Waals surface area contributed by atoms with E-state index in [9.17, 15) is 9.90 Å². The van der Waals surface area contributed by atoms with Crippen molar-refractivity contribution >= 4 is 17.6 Å². The molecule has 2 aromatic rings. The summed E-state index contributed by atoms with van der Waals surface area (Å²) in [6.07, 6.45) is 0.720. The summed E-state index contributed by atoms with van der Waals surface area (Å²) in [5.74, 6) is -0.400. The zero-order valence-corrected chi connectivity index (χ0v) is 12.3. The van der Waals surface area contributed by atoms with Crippen LogP contribution in [0, 0.1) is 0 Å². The molecule has 0 aliphatic heterocycles. The predicted octanol–water partition coefficient (Wildman–Crippen LogP) is 3.05. The first-order valence-electron chi connectivity index (χ1n) is 6.20. The number of aromatic hydroxyl groups is 1. The van der Waals surface area contributed by atoms with Crippen molar-refractivity contribution in [1.29, 1.82) is 0 Å². The van der Waals surface area contributed by atoms with Crippen molar-refractivity contribution < 1.29 is 19.4 Å². The van der Waals surface area contributed by atoms with Crippen molar-refractivity contribution in [2.45, 2.75) is 13.0 Å². The number of halogens is 1. The van der Waals surface area contributed by atoms with E-state index in [1.165, 1.54) is 19.4 Å². The molecule has 0 spiro atoms. The number of methoxy groups -OCH3 is 1. The molecule has 0 radical (unpaired) electrons. The number of rotatable bonds is 4. The van der Waals surface area contributed by atoms with Gasteiger partial charge in [0.15, 0.2) is 17.6 Å². The highest BCUT2D eigenvalue weighted by Gasteiger charge is 2.17. The number of pyridine rings is 1. The average Bonchev–Trinajstić information content (AvgIpc) is 2.49. The topological polar surface area (TPSA) is 68.7 Å². The minimum atomic E-state index is -0.805. The average molecular weight is 308 g/mol.